The summed E-state index contributed by atoms with van der Waals surface area (Å²) in [6.07, 6.45) is 0. The zero-order valence-electron chi connectivity index (χ0n) is 11.7. The second-order valence-electron chi connectivity index (χ2n) is 4.84. The van der Waals surface area contributed by atoms with Gasteiger partial charge in [0.15, 0.2) is 5.75 Å². The van der Waals surface area contributed by atoms with Crippen molar-refractivity contribution in [2.75, 3.05) is 5.32 Å². The Kier molecular flexibility index (Phi) is 3.93. The van der Waals surface area contributed by atoms with Crippen LogP contribution in [0.5, 0.6) is 5.75 Å². The molecule has 0 bridgehead atoms. The number of hydrogen-bond donors (Lipinski definition) is 3. The number of carboxylic acids is 1. The number of benzene rings is 2. The minimum atomic E-state index is -1.25. The van der Waals surface area contributed by atoms with Crippen LogP contribution in [0, 0.1) is 13.8 Å². The molecule has 21 heavy (non-hydrogen) atoms. The maximum Gasteiger partial charge on any atom is 0.339 e. The summed E-state index contributed by atoms with van der Waals surface area (Å²) in [6, 6.07) is 9.56. The summed E-state index contributed by atoms with van der Waals surface area (Å²) in [5.41, 5.74) is 2.16. The number of para-hydroxylation sites is 1. The molecule has 108 valence electrons. The quantitative estimate of drug-likeness (QED) is 0.757. The molecule has 0 aromatic heterocycles. The van der Waals surface area contributed by atoms with Crippen LogP contribution in [0.25, 0.3) is 0 Å². The number of carboxylic acid groups (broad SMARTS) is 1. The van der Waals surface area contributed by atoms with E-state index in [1.54, 1.807) is 12.1 Å². The van der Waals surface area contributed by atoms with Gasteiger partial charge in [-0.2, -0.15) is 0 Å². The number of carbonyl (C=O) groups is 2. The third-order valence-electron chi connectivity index (χ3n) is 3.00. The summed E-state index contributed by atoms with van der Waals surface area (Å²) >= 11 is 0. The monoisotopic (exact) mass is 285 g/mol. The number of anilines is 1. The van der Waals surface area contributed by atoms with E-state index in [-0.39, 0.29) is 11.3 Å². The van der Waals surface area contributed by atoms with Gasteiger partial charge in [-0.25, -0.2) is 4.79 Å². The SMILES string of the molecule is Cc1cc(C)cc(C(=O)Nc2cccc(C(=O)O)c2O)c1. The van der Waals surface area contributed by atoms with Crippen molar-refractivity contribution >= 4 is 17.6 Å². The van der Waals surface area contributed by atoms with E-state index in [2.05, 4.69) is 5.32 Å². The van der Waals surface area contributed by atoms with Gasteiger partial charge in [-0.15, -0.1) is 0 Å². The molecule has 5 nitrogen and oxygen atoms in total. The first kappa shape index (κ1) is 14.6. The molecule has 0 saturated heterocycles. The van der Waals surface area contributed by atoms with E-state index in [0.29, 0.717) is 5.56 Å². The van der Waals surface area contributed by atoms with E-state index in [1.165, 1.54) is 18.2 Å². The fraction of sp³-hybridized carbons (Fsp3) is 0.125. The molecule has 5 heteroatoms. The summed E-state index contributed by atoms with van der Waals surface area (Å²) in [5.74, 6) is -2.11. The summed E-state index contributed by atoms with van der Waals surface area (Å²) < 4.78 is 0. The van der Waals surface area contributed by atoms with Crippen molar-refractivity contribution in [1.29, 1.82) is 0 Å². The van der Waals surface area contributed by atoms with Crippen molar-refractivity contribution in [2.24, 2.45) is 0 Å². The highest BCUT2D eigenvalue weighted by Crippen LogP contribution is 2.28. The van der Waals surface area contributed by atoms with E-state index in [9.17, 15) is 14.7 Å². The minimum absolute atomic E-state index is 0.0686. The molecule has 0 atom stereocenters. The van der Waals surface area contributed by atoms with Crippen LogP contribution in [0.3, 0.4) is 0 Å². The lowest BCUT2D eigenvalue weighted by atomic mass is 10.1. The molecule has 3 N–H and O–H groups in total. The van der Waals surface area contributed by atoms with Crippen molar-refractivity contribution in [3.63, 3.8) is 0 Å². The van der Waals surface area contributed by atoms with Crippen LogP contribution in [-0.2, 0) is 0 Å². The second kappa shape index (κ2) is 5.66. The van der Waals surface area contributed by atoms with Gasteiger partial charge in [0.1, 0.15) is 5.56 Å². The molecule has 1 amide bonds. The molecule has 2 aromatic carbocycles. The lowest BCUT2D eigenvalue weighted by Gasteiger charge is -2.10. The molecule has 0 aliphatic rings. The van der Waals surface area contributed by atoms with Crippen molar-refractivity contribution in [1.82, 2.24) is 0 Å². The van der Waals surface area contributed by atoms with Crippen LogP contribution in [0.4, 0.5) is 5.69 Å². The standard InChI is InChI=1S/C16H15NO4/c1-9-6-10(2)8-11(7-9)15(19)17-13-5-3-4-12(14(13)18)16(20)21/h3-8,18H,1-2H3,(H,17,19)(H,20,21). The number of aromatic carboxylic acids is 1. The summed E-state index contributed by atoms with van der Waals surface area (Å²) in [6.45, 7) is 3.76. The molecule has 0 radical (unpaired) electrons. The molecular weight excluding hydrogens is 270 g/mol. The van der Waals surface area contributed by atoms with Gasteiger partial charge in [-0.3, -0.25) is 4.79 Å². The van der Waals surface area contributed by atoms with Gasteiger partial charge < -0.3 is 15.5 Å². The Morgan fingerprint density at radius 3 is 2.24 bits per heavy atom. The maximum absolute atomic E-state index is 12.2. The van der Waals surface area contributed by atoms with Crippen LogP contribution >= 0.6 is 0 Å². The third kappa shape index (κ3) is 3.20. The first-order valence-corrected chi connectivity index (χ1v) is 6.33. The molecule has 2 aromatic rings. The fourth-order valence-electron chi connectivity index (χ4n) is 2.12. The first-order valence-electron chi connectivity index (χ1n) is 6.33. The van der Waals surface area contributed by atoms with Crippen LogP contribution in [0.15, 0.2) is 36.4 Å². The van der Waals surface area contributed by atoms with Gasteiger partial charge >= 0.3 is 5.97 Å². The summed E-state index contributed by atoms with van der Waals surface area (Å²) in [4.78, 5) is 23.1. The lowest BCUT2D eigenvalue weighted by molar-refractivity contribution is 0.0693. The third-order valence-corrected chi connectivity index (χ3v) is 3.00. The topological polar surface area (TPSA) is 86.6 Å². The molecular formula is C16H15NO4. The van der Waals surface area contributed by atoms with E-state index in [1.807, 2.05) is 19.9 Å². The van der Waals surface area contributed by atoms with Gasteiger partial charge in [-0.1, -0.05) is 23.3 Å². The van der Waals surface area contributed by atoms with Crippen molar-refractivity contribution in [3.05, 3.63) is 58.7 Å². The number of amides is 1. The Bertz CT molecular complexity index is 702. The highest BCUT2D eigenvalue weighted by molar-refractivity contribution is 6.06. The minimum Gasteiger partial charge on any atom is -0.505 e. The Labute approximate surface area is 121 Å². The number of aromatic hydroxyl groups is 1. The number of nitrogens with one attached hydrogen (secondary N) is 1. The lowest BCUT2D eigenvalue weighted by Crippen LogP contribution is -2.13. The molecule has 0 spiro atoms. The number of carbonyl (C=O) groups excluding carboxylic acids is 1. The molecule has 0 fully saturated rings. The summed E-state index contributed by atoms with van der Waals surface area (Å²) in [5, 5.41) is 21.3. The van der Waals surface area contributed by atoms with Crippen molar-refractivity contribution < 1.29 is 19.8 Å². The molecule has 0 saturated carbocycles. The molecule has 0 unspecified atom stereocenters. The Hall–Kier alpha value is -2.82. The first-order chi connectivity index (χ1) is 9.88. The zero-order chi connectivity index (χ0) is 15.6. The average Bonchev–Trinajstić information content (AvgIpc) is 2.39. The van der Waals surface area contributed by atoms with Gasteiger partial charge in [0, 0.05) is 5.56 Å². The molecule has 0 heterocycles. The second-order valence-corrected chi connectivity index (χ2v) is 4.84. The van der Waals surface area contributed by atoms with Crippen LogP contribution in [0.2, 0.25) is 0 Å². The average molecular weight is 285 g/mol. The van der Waals surface area contributed by atoms with Gasteiger partial charge in [-0.05, 0) is 38.1 Å². The number of phenols is 1. The highest BCUT2D eigenvalue weighted by Gasteiger charge is 2.15. The maximum atomic E-state index is 12.2. The predicted molar refractivity (Wildman–Crippen MR) is 78.9 cm³/mol. The van der Waals surface area contributed by atoms with Gasteiger partial charge in [0.05, 0.1) is 5.69 Å². The largest absolute Gasteiger partial charge is 0.505 e. The smallest absolute Gasteiger partial charge is 0.339 e. The zero-order valence-corrected chi connectivity index (χ0v) is 11.7. The van der Waals surface area contributed by atoms with E-state index >= 15 is 0 Å². The number of hydrogen-bond acceptors (Lipinski definition) is 3. The molecule has 0 aliphatic carbocycles. The summed E-state index contributed by atoms with van der Waals surface area (Å²) in [7, 11) is 0. The Morgan fingerprint density at radius 2 is 1.67 bits per heavy atom. The van der Waals surface area contributed by atoms with Gasteiger partial charge in [0.25, 0.3) is 5.91 Å². The van der Waals surface area contributed by atoms with Gasteiger partial charge in [0.2, 0.25) is 0 Å². The molecule has 2 rings (SSSR count). The molecule has 0 aliphatic heterocycles. The van der Waals surface area contributed by atoms with Crippen LogP contribution in [-0.4, -0.2) is 22.1 Å². The van der Waals surface area contributed by atoms with Crippen LogP contribution < -0.4 is 5.32 Å². The normalized spacial score (nSPS) is 10.2. The van der Waals surface area contributed by atoms with E-state index < -0.39 is 17.6 Å². The Balaban J connectivity index is 2.32. The number of rotatable bonds is 3. The highest BCUT2D eigenvalue weighted by atomic mass is 16.4. The van der Waals surface area contributed by atoms with Crippen molar-refractivity contribution in [3.8, 4) is 5.75 Å². The Morgan fingerprint density at radius 1 is 1.05 bits per heavy atom. The number of aryl methyl sites for hydroxylation is 2. The fourth-order valence-corrected chi connectivity index (χ4v) is 2.12. The van der Waals surface area contributed by atoms with Crippen molar-refractivity contribution in [2.45, 2.75) is 13.8 Å². The van der Waals surface area contributed by atoms with Crippen LogP contribution in [0.1, 0.15) is 31.8 Å². The van der Waals surface area contributed by atoms with E-state index in [0.717, 1.165) is 11.1 Å². The van der Waals surface area contributed by atoms with E-state index in [4.69, 9.17) is 5.11 Å². The predicted octanol–water partition coefficient (Wildman–Crippen LogP) is 2.96.